The molecule has 164 valence electrons. The molecule has 3 aromatic carbocycles. The highest BCUT2D eigenvalue weighted by molar-refractivity contribution is 8.00. The summed E-state index contributed by atoms with van der Waals surface area (Å²) in [7, 11) is 1.63. The largest absolute Gasteiger partial charge is 0.497 e. The number of H-pyrrole nitrogens is 1. The first-order valence-electron chi connectivity index (χ1n) is 9.99. The van der Waals surface area contributed by atoms with Crippen LogP contribution < -0.4 is 4.74 Å². The third-order valence-electron chi connectivity index (χ3n) is 4.88. The molecule has 1 N–H and O–H groups in total. The molecule has 0 unspecified atom stereocenters. The number of halogens is 2. The molecular weight excluding hydrogens is 460 g/mol. The van der Waals surface area contributed by atoms with Crippen molar-refractivity contribution in [2.45, 2.75) is 20.0 Å². The van der Waals surface area contributed by atoms with Crippen LogP contribution in [-0.4, -0.2) is 22.1 Å². The molecule has 0 radical (unpaired) electrons. The Kier molecular flexibility index (Phi) is 6.02. The third-order valence-corrected chi connectivity index (χ3v) is 6.77. The molecule has 5 rings (SSSR count). The van der Waals surface area contributed by atoms with Gasteiger partial charge in [0, 0.05) is 15.5 Å². The summed E-state index contributed by atoms with van der Waals surface area (Å²) in [5, 5.41) is 2.13. The van der Waals surface area contributed by atoms with Crippen molar-refractivity contribution in [3.05, 3.63) is 90.5 Å². The van der Waals surface area contributed by atoms with E-state index in [0.29, 0.717) is 10.8 Å². The van der Waals surface area contributed by atoms with E-state index in [4.69, 9.17) is 14.7 Å². The molecule has 0 bridgehead atoms. The molecule has 33 heavy (non-hydrogen) atoms. The molecule has 0 fully saturated rings. The van der Waals surface area contributed by atoms with Crippen molar-refractivity contribution >= 4 is 34.6 Å². The maximum Gasteiger partial charge on any atom is 0.195 e. The quantitative estimate of drug-likeness (QED) is 0.207. The van der Waals surface area contributed by atoms with E-state index in [1.807, 2.05) is 30.3 Å². The summed E-state index contributed by atoms with van der Waals surface area (Å²) >= 11 is 2.79. The minimum Gasteiger partial charge on any atom is -0.497 e. The number of hydrogen-bond donors (Lipinski definition) is 1. The van der Waals surface area contributed by atoms with Crippen molar-refractivity contribution in [2.24, 2.45) is 0 Å². The van der Waals surface area contributed by atoms with Crippen LogP contribution in [0.5, 0.6) is 5.75 Å². The van der Waals surface area contributed by atoms with Crippen LogP contribution in [0.2, 0.25) is 0 Å². The predicted octanol–water partition coefficient (Wildman–Crippen LogP) is 7.21. The second kappa shape index (κ2) is 9.25. The predicted molar refractivity (Wildman–Crippen MR) is 127 cm³/mol. The molecule has 8 heteroatoms. The molecule has 5 aromatic rings. The first kappa shape index (κ1) is 21.5. The molecule has 0 aliphatic carbocycles. The summed E-state index contributed by atoms with van der Waals surface area (Å²) in [6, 6.07) is 22.2. The molecule has 2 aromatic heterocycles. The number of nitrogens with zero attached hydrogens (tertiary/aromatic N) is 2. The molecule has 0 atom stereocenters. The highest BCUT2D eigenvalue weighted by atomic mass is 32.2. The number of benzene rings is 3. The molecular formula is C25H17F2N3OS2. The van der Waals surface area contributed by atoms with Crippen LogP contribution in [0, 0.1) is 11.6 Å². The van der Waals surface area contributed by atoms with Crippen LogP contribution >= 0.6 is 23.5 Å². The van der Waals surface area contributed by atoms with Gasteiger partial charge in [-0.3, -0.25) is 0 Å². The first-order valence-corrected chi connectivity index (χ1v) is 11.6. The number of methoxy groups -OCH3 is 1. The standard InChI is InChI=1S/C25H17F2N3OS2/c1-31-18-8-2-15(3-9-18)22-14-21-23(28-22)29-25(33-20-12-6-17(27)7-13-20)30-24(21)32-19-10-4-16(26)5-11-19/h2-14H,1H3,(H,28,29,30). The number of nitrogens with one attached hydrogen (secondary N) is 1. The van der Waals surface area contributed by atoms with Gasteiger partial charge in [-0.05, 0) is 96.2 Å². The van der Waals surface area contributed by atoms with Gasteiger partial charge < -0.3 is 9.72 Å². The van der Waals surface area contributed by atoms with Crippen molar-refractivity contribution in [3.63, 3.8) is 0 Å². The van der Waals surface area contributed by atoms with Gasteiger partial charge in [0.2, 0.25) is 0 Å². The van der Waals surface area contributed by atoms with Crippen LogP contribution in [0.25, 0.3) is 22.3 Å². The van der Waals surface area contributed by atoms with Gasteiger partial charge in [0.1, 0.15) is 28.1 Å². The van der Waals surface area contributed by atoms with Gasteiger partial charge >= 0.3 is 0 Å². The van der Waals surface area contributed by atoms with Crippen molar-refractivity contribution < 1.29 is 13.5 Å². The molecule has 4 nitrogen and oxygen atoms in total. The van der Waals surface area contributed by atoms with Gasteiger partial charge in [-0.1, -0.05) is 11.8 Å². The second-order valence-electron chi connectivity index (χ2n) is 7.10. The number of aromatic nitrogens is 3. The lowest BCUT2D eigenvalue weighted by atomic mass is 10.1. The summed E-state index contributed by atoms with van der Waals surface area (Å²) in [6.07, 6.45) is 0. The van der Waals surface area contributed by atoms with E-state index >= 15 is 0 Å². The van der Waals surface area contributed by atoms with Crippen LogP contribution in [0.15, 0.2) is 98.8 Å². The lowest BCUT2D eigenvalue weighted by Crippen LogP contribution is -1.91. The van der Waals surface area contributed by atoms with Gasteiger partial charge in [-0.25, -0.2) is 18.7 Å². The number of ether oxygens (including phenoxy) is 1. The maximum atomic E-state index is 13.4. The van der Waals surface area contributed by atoms with Crippen molar-refractivity contribution in [1.82, 2.24) is 15.0 Å². The fourth-order valence-electron chi connectivity index (χ4n) is 3.23. The fraction of sp³-hybridized carbons (Fsp3) is 0.0400. The van der Waals surface area contributed by atoms with Crippen LogP contribution in [0.3, 0.4) is 0 Å². The lowest BCUT2D eigenvalue weighted by molar-refractivity contribution is 0.415. The van der Waals surface area contributed by atoms with Crippen LogP contribution in [-0.2, 0) is 0 Å². The summed E-state index contributed by atoms with van der Waals surface area (Å²) < 4.78 is 31.9. The zero-order valence-electron chi connectivity index (χ0n) is 17.4. The van der Waals surface area contributed by atoms with Gasteiger partial charge in [-0.15, -0.1) is 0 Å². The van der Waals surface area contributed by atoms with Crippen molar-refractivity contribution in [2.75, 3.05) is 7.11 Å². The minimum absolute atomic E-state index is 0.289. The van der Waals surface area contributed by atoms with E-state index in [1.54, 1.807) is 31.4 Å². The molecule has 0 amide bonds. The van der Waals surface area contributed by atoms with E-state index < -0.39 is 0 Å². The van der Waals surface area contributed by atoms with Gasteiger partial charge in [0.25, 0.3) is 0 Å². The maximum absolute atomic E-state index is 13.4. The number of hydrogen-bond acceptors (Lipinski definition) is 5. The summed E-state index contributed by atoms with van der Waals surface area (Å²) in [6.45, 7) is 0. The van der Waals surface area contributed by atoms with Crippen LogP contribution in [0.1, 0.15) is 0 Å². The van der Waals surface area contributed by atoms with Crippen molar-refractivity contribution in [1.29, 1.82) is 0 Å². The Morgan fingerprint density at radius 2 is 1.36 bits per heavy atom. The molecule has 0 spiro atoms. The minimum atomic E-state index is -0.295. The van der Waals surface area contributed by atoms with Gasteiger partial charge in [0.15, 0.2) is 5.16 Å². The smallest absolute Gasteiger partial charge is 0.195 e. The van der Waals surface area contributed by atoms with Gasteiger partial charge in [0.05, 0.1) is 12.5 Å². The van der Waals surface area contributed by atoms with Crippen LogP contribution in [0.4, 0.5) is 8.78 Å². The SMILES string of the molecule is COc1ccc(-c2cc3c(Sc4ccc(F)cc4)nc(Sc4ccc(F)cc4)nc3[nH]2)cc1. The average molecular weight is 478 g/mol. The third kappa shape index (κ3) is 4.86. The Bertz CT molecular complexity index is 1400. The molecule has 0 saturated carbocycles. The number of rotatable bonds is 6. The monoisotopic (exact) mass is 477 g/mol. The van der Waals surface area contributed by atoms with Crippen molar-refractivity contribution in [3.8, 4) is 17.0 Å². The van der Waals surface area contributed by atoms with E-state index in [9.17, 15) is 8.78 Å². The van der Waals surface area contributed by atoms with E-state index in [0.717, 1.165) is 37.2 Å². The molecule has 0 aliphatic rings. The normalized spacial score (nSPS) is 11.1. The summed E-state index contributed by atoms with van der Waals surface area (Å²) in [5.74, 6) is 0.195. The number of aromatic amines is 1. The topological polar surface area (TPSA) is 50.8 Å². The fourth-order valence-corrected chi connectivity index (χ4v) is 4.94. The summed E-state index contributed by atoms with van der Waals surface area (Å²) in [4.78, 5) is 14.5. The lowest BCUT2D eigenvalue weighted by Gasteiger charge is -2.06. The zero-order valence-corrected chi connectivity index (χ0v) is 19.0. The average Bonchev–Trinajstić information content (AvgIpc) is 3.27. The van der Waals surface area contributed by atoms with E-state index in [1.165, 1.54) is 47.8 Å². The van der Waals surface area contributed by atoms with E-state index in [2.05, 4.69) is 4.98 Å². The highest BCUT2D eigenvalue weighted by Gasteiger charge is 2.15. The number of fused-ring (bicyclic) bond motifs is 1. The Hall–Kier alpha value is -3.36. The Balaban J connectivity index is 1.57. The molecule has 2 heterocycles. The molecule has 0 saturated heterocycles. The summed E-state index contributed by atoms with van der Waals surface area (Å²) in [5.41, 5.74) is 2.57. The Morgan fingerprint density at radius 3 is 1.97 bits per heavy atom. The van der Waals surface area contributed by atoms with E-state index in [-0.39, 0.29) is 11.6 Å². The highest BCUT2D eigenvalue weighted by Crippen LogP contribution is 2.37. The Morgan fingerprint density at radius 1 is 0.758 bits per heavy atom. The zero-order chi connectivity index (χ0) is 22.8. The Labute approximate surface area is 197 Å². The van der Waals surface area contributed by atoms with Gasteiger partial charge in [-0.2, -0.15) is 0 Å². The molecule has 0 aliphatic heterocycles. The first-order chi connectivity index (χ1) is 16.1. The second-order valence-corrected chi connectivity index (χ2v) is 9.20.